The Morgan fingerprint density at radius 2 is 2.19 bits per heavy atom. The van der Waals surface area contributed by atoms with Crippen LogP contribution in [0.25, 0.3) is 4.85 Å². The van der Waals surface area contributed by atoms with E-state index in [0.29, 0.717) is 24.3 Å². The van der Waals surface area contributed by atoms with Gasteiger partial charge in [0.2, 0.25) is 0 Å². The van der Waals surface area contributed by atoms with Gasteiger partial charge >= 0.3 is 17.7 Å². The van der Waals surface area contributed by atoms with E-state index in [1.807, 2.05) is 0 Å². The average Bonchev–Trinajstić information content (AvgIpc) is 2.70. The Bertz CT molecular complexity index is 485. The first-order chi connectivity index (χ1) is 7.56. The Kier molecular flexibility index (Phi) is 3.52. The van der Waals surface area contributed by atoms with Crippen molar-refractivity contribution in [3.8, 4) is 12.1 Å². The van der Waals surface area contributed by atoms with Gasteiger partial charge in [-0.1, -0.05) is 0 Å². The summed E-state index contributed by atoms with van der Waals surface area (Å²) >= 11 is 0. The van der Waals surface area contributed by atoms with E-state index >= 15 is 0 Å². The van der Waals surface area contributed by atoms with E-state index in [4.69, 9.17) is 21.5 Å². The number of nitriles is 1. The third-order valence-electron chi connectivity index (χ3n) is 2.02. The predicted octanol–water partition coefficient (Wildman–Crippen LogP) is 0.193. The van der Waals surface area contributed by atoms with Crippen LogP contribution in [0.2, 0.25) is 0 Å². The molecule has 0 bridgehead atoms. The summed E-state index contributed by atoms with van der Waals surface area (Å²) in [5.41, 5.74) is 11.4. The second kappa shape index (κ2) is 4.85. The molecule has 0 amide bonds. The molecule has 0 aromatic rings. The minimum absolute atomic E-state index is 0.0474. The maximum Gasteiger partial charge on any atom is 0.341 e. The summed E-state index contributed by atoms with van der Waals surface area (Å²) < 4.78 is 4.76. The maximum atomic E-state index is 11.2. The fraction of sp³-hybridized carbons (Fsp3) is 0.300. The number of nitrogens with zero attached hydrogens (tertiary/aromatic N) is 2. The fourth-order valence-corrected chi connectivity index (χ4v) is 1.10. The first-order valence-electron chi connectivity index (χ1n) is 4.55. The zero-order valence-electron chi connectivity index (χ0n) is 8.78. The number of allylic oxidation sites excluding steroid dienone is 3. The maximum absolute atomic E-state index is 11.2. The van der Waals surface area contributed by atoms with Crippen molar-refractivity contribution in [3.63, 3.8) is 0 Å². The van der Waals surface area contributed by atoms with E-state index in [9.17, 15) is 4.79 Å². The highest BCUT2D eigenvalue weighted by Crippen LogP contribution is 2.18. The lowest BCUT2D eigenvalue weighted by Crippen LogP contribution is -2.05. The van der Waals surface area contributed by atoms with Gasteiger partial charge in [0.15, 0.2) is 5.70 Å². The largest absolute Gasteiger partial charge is 0.462 e. The molecule has 1 aliphatic rings. The second-order valence-electron chi connectivity index (χ2n) is 3.11. The Morgan fingerprint density at radius 1 is 1.50 bits per heavy atom. The topological polar surface area (TPSA) is 106 Å². The van der Waals surface area contributed by atoms with Crippen LogP contribution in [0.3, 0.4) is 0 Å². The molecule has 1 saturated heterocycles. The minimum Gasteiger partial charge on any atom is -0.462 e. The van der Waals surface area contributed by atoms with Crippen LogP contribution < -0.4 is 11.5 Å². The average molecular weight is 219 g/mol. The van der Waals surface area contributed by atoms with Crippen LogP contribution in [-0.4, -0.2) is 12.6 Å². The van der Waals surface area contributed by atoms with Gasteiger partial charge < -0.3 is 16.2 Å². The van der Waals surface area contributed by atoms with Crippen molar-refractivity contribution in [3.05, 3.63) is 27.5 Å². The zero-order valence-corrected chi connectivity index (χ0v) is 8.78. The van der Waals surface area contributed by atoms with Crippen LogP contribution in [0.5, 0.6) is 0 Å². The summed E-state index contributed by atoms with van der Waals surface area (Å²) in [6.45, 7) is 2.01. The van der Waals surface area contributed by atoms with E-state index in [1.54, 1.807) is 13.0 Å². The molecular formula is C10H11N4O2+. The van der Waals surface area contributed by atoms with E-state index < -0.39 is 0 Å². The van der Waals surface area contributed by atoms with Crippen LogP contribution in [-0.2, 0) is 9.53 Å². The van der Waals surface area contributed by atoms with Crippen molar-refractivity contribution < 1.29 is 9.53 Å². The monoisotopic (exact) mass is 219 g/mol. The molecule has 0 saturated carbocycles. The number of hydrogen-bond acceptors (Lipinski definition) is 5. The van der Waals surface area contributed by atoms with Crippen LogP contribution in [0.15, 0.2) is 22.7 Å². The molecule has 0 radical (unpaired) electrons. The van der Waals surface area contributed by atoms with Crippen molar-refractivity contribution >= 4 is 5.97 Å². The smallest absolute Gasteiger partial charge is 0.341 e. The van der Waals surface area contributed by atoms with Gasteiger partial charge in [-0.15, -0.1) is 0 Å². The Morgan fingerprint density at radius 3 is 2.69 bits per heavy atom. The normalized spacial score (nSPS) is 18.9. The Hall–Kier alpha value is -2.47. The van der Waals surface area contributed by atoms with Gasteiger partial charge in [-0.2, -0.15) is 5.26 Å². The number of carbonyl (C=O) groups is 1. The summed E-state index contributed by atoms with van der Waals surface area (Å²) in [4.78, 5) is 15.0. The van der Waals surface area contributed by atoms with Gasteiger partial charge in [0.1, 0.15) is 17.3 Å². The molecule has 0 aromatic heterocycles. The molecule has 16 heavy (non-hydrogen) atoms. The number of carbonyl (C=O) groups excluding carboxylic acids is 1. The molecule has 0 atom stereocenters. The summed E-state index contributed by atoms with van der Waals surface area (Å²) in [6.07, 6.45) is 0.521. The summed E-state index contributed by atoms with van der Waals surface area (Å²) in [7, 11) is 0. The van der Waals surface area contributed by atoms with E-state index in [2.05, 4.69) is 10.9 Å². The number of esters is 1. The van der Waals surface area contributed by atoms with Crippen LogP contribution >= 0.6 is 0 Å². The molecule has 1 aliphatic heterocycles. The van der Waals surface area contributed by atoms with Crippen molar-refractivity contribution in [2.24, 2.45) is 11.5 Å². The first kappa shape index (κ1) is 11.6. The lowest BCUT2D eigenvalue weighted by Gasteiger charge is -1.85. The first-order valence-corrected chi connectivity index (χ1v) is 4.55. The molecule has 0 aromatic carbocycles. The van der Waals surface area contributed by atoms with Gasteiger partial charge in [0, 0.05) is 13.3 Å². The van der Waals surface area contributed by atoms with Crippen molar-refractivity contribution in [1.82, 2.24) is 0 Å². The molecule has 6 nitrogen and oxygen atoms in total. The van der Waals surface area contributed by atoms with Gasteiger partial charge in [0.05, 0.1) is 6.61 Å². The number of ether oxygens (including phenoxy) is 1. The Labute approximate surface area is 92.6 Å². The Balaban J connectivity index is 2.96. The SMILES string of the molecule is CC([N+]#C/C(N)=C(/N)C#N)=C1CCOC1=O. The van der Waals surface area contributed by atoms with Crippen LogP contribution in [0, 0.1) is 17.4 Å². The van der Waals surface area contributed by atoms with Gasteiger partial charge in [0.25, 0.3) is 0 Å². The zero-order chi connectivity index (χ0) is 12.1. The van der Waals surface area contributed by atoms with Crippen molar-refractivity contribution in [2.45, 2.75) is 13.3 Å². The molecule has 0 spiro atoms. The molecule has 1 heterocycles. The quantitative estimate of drug-likeness (QED) is 0.343. The molecule has 82 valence electrons. The minimum atomic E-state index is -0.376. The third-order valence-corrected chi connectivity index (χ3v) is 2.02. The fourth-order valence-electron chi connectivity index (χ4n) is 1.10. The highest BCUT2D eigenvalue weighted by atomic mass is 16.5. The summed E-state index contributed by atoms with van der Waals surface area (Å²) in [5.74, 6) is -0.376. The number of cyclic esters (lactones) is 1. The molecule has 4 N–H and O–H groups in total. The molecule has 0 aliphatic carbocycles. The number of nitrogens with two attached hydrogens (primary N) is 2. The predicted molar refractivity (Wildman–Crippen MR) is 56.5 cm³/mol. The number of hydrogen-bond donors (Lipinski definition) is 2. The lowest BCUT2D eigenvalue weighted by molar-refractivity contribution is -0.135. The highest BCUT2D eigenvalue weighted by Gasteiger charge is 2.26. The van der Waals surface area contributed by atoms with Gasteiger partial charge in [-0.25, -0.2) is 4.79 Å². The van der Waals surface area contributed by atoms with Gasteiger partial charge in [-0.3, -0.25) is 0 Å². The molecule has 1 fully saturated rings. The van der Waals surface area contributed by atoms with Crippen LogP contribution in [0.1, 0.15) is 13.3 Å². The molecular weight excluding hydrogens is 208 g/mol. The van der Waals surface area contributed by atoms with Crippen molar-refractivity contribution in [1.29, 1.82) is 5.26 Å². The molecule has 0 unspecified atom stereocenters. The van der Waals surface area contributed by atoms with Gasteiger partial charge in [-0.05, 0) is 4.85 Å². The summed E-state index contributed by atoms with van der Waals surface area (Å²) in [6, 6.07) is 4.07. The lowest BCUT2D eigenvalue weighted by atomic mass is 10.2. The number of rotatable bonds is 0. The van der Waals surface area contributed by atoms with Crippen molar-refractivity contribution in [2.75, 3.05) is 6.61 Å². The second-order valence-corrected chi connectivity index (χ2v) is 3.11. The molecule has 1 rings (SSSR count). The van der Waals surface area contributed by atoms with E-state index in [0.717, 1.165) is 0 Å². The van der Waals surface area contributed by atoms with E-state index in [1.165, 1.54) is 0 Å². The van der Waals surface area contributed by atoms with Crippen LogP contribution in [0.4, 0.5) is 0 Å². The molecule has 6 heteroatoms. The highest BCUT2D eigenvalue weighted by molar-refractivity contribution is 5.91. The third kappa shape index (κ3) is 2.52. The summed E-state index contributed by atoms with van der Waals surface area (Å²) in [5, 5.41) is 8.44. The standard InChI is InChI=1S/C10H10N4O2/c1-6(7-2-3-16-10(7)15)14-5-9(13)8(12)4-11/h12H,2-3,13H2,1H3/p+1. The van der Waals surface area contributed by atoms with E-state index in [-0.39, 0.29) is 17.4 Å².